The molecule has 10 rings (SSSR count). The number of amides is 4. The summed E-state index contributed by atoms with van der Waals surface area (Å²) < 4.78 is 2.63. The number of imide groups is 2. The molecule has 0 bridgehead atoms. The first-order valence-corrected chi connectivity index (χ1v) is 20.1. The summed E-state index contributed by atoms with van der Waals surface area (Å²) in [7, 11) is 1.73. The van der Waals surface area contributed by atoms with Crippen molar-refractivity contribution in [2.45, 2.75) is 32.6 Å². The van der Waals surface area contributed by atoms with E-state index in [0.717, 1.165) is 37.0 Å². The summed E-state index contributed by atoms with van der Waals surface area (Å²) in [5.41, 5.74) is 2.46. The number of rotatable bonds is 4. The monoisotopic (exact) mass is 800 g/mol. The second-order valence-corrected chi connectivity index (χ2v) is 17.5. The van der Waals surface area contributed by atoms with Crippen LogP contribution in [0.4, 0.5) is 11.5 Å². The zero-order valence-electron chi connectivity index (χ0n) is 30.5. The molecule has 2 aliphatic carbocycles. The van der Waals surface area contributed by atoms with Crippen LogP contribution in [-0.2, 0) is 26.2 Å². The lowest BCUT2D eigenvalue weighted by Gasteiger charge is -2.49. The Morgan fingerprint density at radius 3 is 2.32 bits per heavy atom. The molecule has 1 saturated carbocycles. The molecule has 6 atom stereocenters. The van der Waals surface area contributed by atoms with Crippen molar-refractivity contribution in [2.75, 3.05) is 9.80 Å². The van der Waals surface area contributed by atoms with Crippen LogP contribution in [0.1, 0.15) is 36.8 Å². The number of thiophene rings is 1. The molecule has 12 heteroatoms. The van der Waals surface area contributed by atoms with Gasteiger partial charge in [-0.3, -0.25) is 28.8 Å². The highest BCUT2D eigenvalue weighted by Gasteiger charge is 2.68. The van der Waals surface area contributed by atoms with Crippen molar-refractivity contribution < 1.29 is 24.3 Å². The van der Waals surface area contributed by atoms with Gasteiger partial charge < -0.3 is 5.11 Å². The standard InChI is InChI=1S/C44H34Cl2N4O5S/c1-21-30-18-23(46)10-17-35(30)56-39(21)33-20-36(48(3)47-33)50-41(53)32-19-31-28(13-14-29-37(31)42(54)49(40(29)52)24-11-8-22(45)9-12-24)38(44(32,2)43(50)55)27-15-16-34(51)26-7-5-4-6-25(26)27/h4-13,15-18,20,29,31-32,37-38,51H,14,19H2,1-3H3/t29-,31+,32-,37-,38-,44+/m0/s1. The topological polar surface area (TPSA) is 113 Å². The van der Waals surface area contributed by atoms with E-state index in [0.29, 0.717) is 39.1 Å². The summed E-state index contributed by atoms with van der Waals surface area (Å²) in [5, 5.41) is 19.3. The number of aromatic hydroxyl groups is 1. The molecule has 4 aromatic carbocycles. The molecular formula is C44H34Cl2N4O5S. The van der Waals surface area contributed by atoms with Gasteiger partial charge in [0, 0.05) is 39.2 Å². The number of halogens is 2. The predicted octanol–water partition coefficient (Wildman–Crippen LogP) is 9.21. The van der Waals surface area contributed by atoms with E-state index >= 15 is 9.59 Å². The number of aryl methyl sites for hydroxylation is 2. The van der Waals surface area contributed by atoms with E-state index in [1.807, 2.05) is 68.5 Å². The maximum Gasteiger partial charge on any atom is 0.242 e. The van der Waals surface area contributed by atoms with Crippen LogP contribution in [0.5, 0.6) is 5.75 Å². The van der Waals surface area contributed by atoms with Crippen LogP contribution in [-0.4, -0.2) is 38.5 Å². The number of hydrogen-bond donors (Lipinski definition) is 1. The van der Waals surface area contributed by atoms with Crippen molar-refractivity contribution in [1.82, 2.24) is 9.78 Å². The molecule has 0 unspecified atom stereocenters. The van der Waals surface area contributed by atoms with Gasteiger partial charge in [0.1, 0.15) is 17.3 Å². The average Bonchev–Trinajstić information content (AvgIpc) is 3.86. The van der Waals surface area contributed by atoms with Crippen molar-refractivity contribution in [3.8, 4) is 16.3 Å². The highest BCUT2D eigenvalue weighted by Crippen LogP contribution is 2.64. The quantitative estimate of drug-likeness (QED) is 0.141. The Bertz CT molecular complexity index is 2770. The Balaban J connectivity index is 1.12. The lowest BCUT2D eigenvalue weighted by Crippen LogP contribution is -2.49. The number of hydrogen-bond acceptors (Lipinski definition) is 7. The number of fused-ring (bicyclic) bond motifs is 6. The molecule has 0 radical (unpaired) electrons. The van der Waals surface area contributed by atoms with Gasteiger partial charge in [-0.2, -0.15) is 5.10 Å². The lowest BCUT2D eigenvalue weighted by molar-refractivity contribution is -0.131. The predicted molar refractivity (Wildman–Crippen MR) is 218 cm³/mol. The van der Waals surface area contributed by atoms with Gasteiger partial charge in [-0.1, -0.05) is 65.2 Å². The van der Waals surface area contributed by atoms with Crippen LogP contribution >= 0.6 is 34.5 Å². The SMILES string of the molecule is Cc1c(-c2cc(N3C(=O)[C@@H]4C[C@@H]5C(=CC[C@@H]6C(=O)N(c7ccc(Cl)cc7)C(=O)[C@@H]65)[C@H](c5ccc(O)c6ccccc56)[C@]4(C)C3=O)n(C)n2)sc2ccc(Cl)cc12. The fraction of sp³-hybridized carbons (Fsp3) is 0.250. The van der Waals surface area contributed by atoms with Crippen molar-refractivity contribution in [2.24, 2.45) is 36.1 Å². The number of phenols is 1. The number of allylic oxidation sites excluding steroid dienone is 2. The fourth-order valence-electron chi connectivity index (χ4n) is 10.2. The van der Waals surface area contributed by atoms with Gasteiger partial charge >= 0.3 is 0 Å². The summed E-state index contributed by atoms with van der Waals surface area (Å²) in [6.45, 7) is 3.88. The van der Waals surface area contributed by atoms with Gasteiger partial charge in [0.2, 0.25) is 23.6 Å². The van der Waals surface area contributed by atoms with Crippen molar-refractivity contribution >= 4 is 90.5 Å². The van der Waals surface area contributed by atoms with Crippen molar-refractivity contribution in [1.29, 1.82) is 0 Å². The van der Waals surface area contributed by atoms with Crippen LogP contribution in [0, 0.1) is 36.0 Å². The smallest absolute Gasteiger partial charge is 0.242 e. The molecule has 1 N–H and O–H groups in total. The summed E-state index contributed by atoms with van der Waals surface area (Å²) in [5.74, 6) is -4.18. The fourth-order valence-corrected chi connectivity index (χ4v) is 11.6. The summed E-state index contributed by atoms with van der Waals surface area (Å²) in [4.78, 5) is 62.4. The minimum Gasteiger partial charge on any atom is -0.507 e. The van der Waals surface area contributed by atoms with Crippen molar-refractivity contribution in [3.05, 3.63) is 118 Å². The van der Waals surface area contributed by atoms with E-state index in [2.05, 4.69) is 0 Å². The molecule has 4 heterocycles. The highest BCUT2D eigenvalue weighted by atomic mass is 35.5. The van der Waals surface area contributed by atoms with Crippen LogP contribution < -0.4 is 9.80 Å². The molecule has 3 fully saturated rings. The minimum absolute atomic E-state index is 0.0999. The van der Waals surface area contributed by atoms with Gasteiger partial charge in [0.05, 0.1) is 33.7 Å². The summed E-state index contributed by atoms with van der Waals surface area (Å²) >= 11 is 14.1. The zero-order chi connectivity index (χ0) is 38.9. The number of carbonyl (C=O) groups excluding carboxylic acids is 4. The molecule has 4 amide bonds. The molecule has 280 valence electrons. The molecular weight excluding hydrogens is 767 g/mol. The Morgan fingerprint density at radius 1 is 0.821 bits per heavy atom. The minimum atomic E-state index is -1.28. The van der Waals surface area contributed by atoms with Crippen LogP contribution in [0.2, 0.25) is 10.0 Å². The van der Waals surface area contributed by atoms with E-state index in [9.17, 15) is 14.7 Å². The summed E-state index contributed by atoms with van der Waals surface area (Å²) in [6.07, 6.45) is 2.57. The first kappa shape index (κ1) is 35.1. The van der Waals surface area contributed by atoms with E-state index in [1.165, 1.54) is 9.80 Å². The molecule has 2 saturated heterocycles. The van der Waals surface area contributed by atoms with E-state index in [1.54, 1.807) is 59.5 Å². The average molecular weight is 802 g/mol. The summed E-state index contributed by atoms with van der Waals surface area (Å²) in [6, 6.07) is 25.1. The largest absolute Gasteiger partial charge is 0.507 e. The Labute approximate surface area is 335 Å². The zero-order valence-corrected chi connectivity index (χ0v) is 32.8. The number of anilines is 2. The number of phenolic OH excluding ortho intramolecular Hbond substituents is 1. The third-order valence-corrected chi connectivity index (χ3v) is 14.6. The van der Waals surface area contributed by atoms with E-state index in [4.69, 9.17) is 28.3 Å². The molecule has 0 spiro atoms. The molecule has 56 heavy (non-hydrogen) atoms. The van der Waals surface area contributed by atoms with Gasteiger partial charge in [0.25, 0.3) is 0 Å². The van der Waals surface area contributed by atoms with E-state index < -0.39 is 35.0 Å². The molecule has 2 aromatic heterocycles. The third-order valence-electron chi connectivity index (χ3n) is 12.8. The Kier molecular flexibility index (Phi) is 7.75. The Morgan fingerprint density at radius 2 is 1.55 bits per heavy atom. The third kappa shape index (κ3) is 4.75. The number of benzene rings is 4. The number of nitrogens with zero attached hydrogens (tertiary/aromatic N) is 4. The molecule has 9 nitrogen and oxygen atoms in total. The highest BCUT2D eigenvalue weighted by molar-refractivity contribution is 7.22. The molecule has 6 aromatic rings. The first-order chi connectivity index (χ1) is 26.9. The maximum absolute atomic E-state index is 15.3. The van der Waals surface area contributed by atoms with Crippen LogP contribution in [0.3, 0.4) is 0 Å². The lowest BCUT2D eigenvalue weighted by atomic mass is 9.51. The van der Waals surface area contributed by atoms with Gasteiger partial charge in [-0.05, 0) is 103 Å². The van der Waals surface area contributed by atoms with Gasteiger partial charge in [0.15, 0.2) is 0 Å². The number of aromatic nitrogens is 2. The van der Waals surface area contributed by atoms with Crippen LogP contribution in [0.25, 0.3) is 31.4 Å². The van der Waals surface area contributed by atoms with Crippen LogP contribution in [0.15, 0.2) is 96.6 Å². The van der Waals surface area contributed by atoms with E-state index in [-0.39, 0.29) is 35.8 Å². The van der Waals surface area contributed by atoms with Gasteiger partial charge in [-0.25, -0.2) is 4.90 Å². The maximum atomic E-state index is 15.3. The number of carbonyl (C=O) groups is 4. The second kappa shape index (κ2) is 12.4. The van der Waals surface area contributed by atoms with Crippen molar-refractivity contribution in [3.63, 3.8) is 0 Å². The normalized spacial score (nSPS) is 25.9. The molecule has 4 aliphatic rings. The molecule has 2 aliphatic heterocycles. The first-order valence-electron chi connectivity index (χ1n) is 18.5. The second-order valence-electron chi connectivity index (χ2n) is 15.6. The Hall–Kier alpha value is -5.29. The van der Waals surface area contributed by atoms with Gasteiger partial charge in [-0.15, -0.1) is 11.3 Å².